The largest absolute Gasteiger partial charge is 0.508 e. The Morgan fingerprint density at radius 2 is 1.96 bits per heavy atom. The van der Waals surface area contributed by atoms with Crippen LogP contribution in [0.25, 0.3) is 22.3 Å². The van der Waals surface area contributed by atoms with E-state index in [2.05, 4.69) is 0 Å². The van der Waals surface area contributed by atoms with E-state index in [4.69, 9.17) is 18.6 Å². The third-order valence-corrected chi connectivity index (χ3v) is 3.77. The lowest BCUT2D eigenvalue weighted by Gasteiger charge is -2.07. The van der Waals surface area contributed by atoms with E-state index in [1.807, 2.05) is 0 Å². The first kappa shape index (κ1) is 13.5. The summed E-state index contributed by atoms with van der Waals surface area (Å²) >= 11 is 0. The minimum Gasteiger partial charge on any atom is -0.508 e. The number of phenols is 1. The summed E-state index contributed by atoms with van der Waals surface area (Å²) in [6.45, 7) is 0.150. The van der Waals surface area contributed by atoms with Gasteiger partial charge in [-0.2, -0.15) is 0 Å². The normalized spacial score (nSPS) is 12.6. The fourth-order valence-corrected chi connectivity index (χ4v) is 2.69. The maximum Gasteiger partial charge on any atom is 0.231 e. The highest BCUT2D eigenvalue weighted by Crippen LogP contribution is 2.43. The van der Waals surface area contributed by atoms with Gasteiger partial charge >= 0.3 is 0 Å². The van der Waals surface area contributed by atoms with Crippen molar-refractivity contribution in [2.45, 2.75) is 0 Å². The first-order valence-corrected chi connectivity index (χ1v) is 6.90. The quantitative estimate of drug-likeness (QED) is 0.747. The molecule has 0 aliphatic carbocycles. The molecule has 0 atom stereocenters. The van der Waals surface area contributed by atoms with Crippen LogP contribution < -0.4 is 14.2 Å². The van der Waals surface area contributed by atoms with Crippen LogP contribution in [-0.2, 0) is 0 Å². The summed E-state index contributed by atoms with van der Waals surface area (Å²) in [4.78, 5) is 11.6. The molecule has 2 heterocycles. The maximum absolute atomic E-state index is 11.6. The molecule has 1 aliphatic rings. The zero-order chi connectivity index (χ0) is 16.0. The van der Waals surface area contributed by atoms with Crippen molar-refractivity contribution in [3.63, 3.8) is 0 Å². The van der Waals surface area contributed by atoms with E-state index in [0.717, 1.165) is 6.29 Å². The molecule has 0 amide bonds. The number of hydrogen-bond donors (Lipinski definition) is 1. The Morgan fingerprint density at radius 3 is 2.70 bits per heavy atom. The van der Waals surface area contributed by atoms with Gasteiger partial charge in [-0.25, -0.2) is 0 Å². The fourth-order valence-electron chi connectivity index (χ4n) is 2.69. The second-order valence-corrected chi connectivity index (χ2v) is 5.05. The fraction of sp³-hybridized carbons (Fsp3) is 0.118. The van der Waals surface area contributed by atoms with Crippen LogP contribution in [0, 0.1) is 0 Å². The maximum atomic E-state index is 11.6. The van der Waals surface area contributed by atoms with Crippen LogP contribution in [0.5, 0.6) is 23.0 Å². The Bertz CT molecular complexity index is 924. The molecule has 2 aromatic carbocycles. The van der Waals surface area contributed by atoms with E-state index in [-0.39, 0.29) is 12.5 Å². The van der Waals surface area contributed by atoms with Crippen molar-refractivity contribution in [2.75, 3.05) is 13.9 Å². The topological polar surface area (TPSA) is 78.1 Å². The monoisotopic (exact) mass is 312 g/mol. The number of benzene rings is 2. The number of carbonyl (C=O) groups excluding carboxylic acids is 1. The van der Waals surface area contributed by atoms with Gasteiger partial charge < -0.3 is 23.7 Å². The van der Waals surface area contributed by atoms with Crippen LogP contribution in [-0.4, -0.2) is 25.3 Å². The summed E-state index contributed by atoms with van der Waals surface area (Å²) in [6, 6.07) is 8.02. The van der Waals surface area contributed by atoms with E-state index < -0.39 is 0 Å². The van der Waals surface area contributed by atoms with E-state index in [1.165, 1.54) is 19.2 Å². The molecule has 0 fully saturated rings. The summed E-state index contributed by atoms with van der Waals surface area (Å²) in [5.74, 6) is 2.00. The average Bonchev–Trinajstić information content (AvgIpc) is 3.15. The molecule has 4 rings (SSSR count). The highest BCUT2D eigenvalue weighted by Gasteiger charge is 2.23. The lowest BCUT2D eigenvalue weighted by molar-refractivity contribution is 0.112. The van der Waals surface area contributed by atoms with Gasteiger partial charge in [-0.3, -0.25) is 4.79 Å². The molecule has 0 radical (unpaired) electrons. The van der Waals surface area contributed by atoms with Crippen LogP contribution in [0.1, 0.15) is 10.4 Å². The number of phenolic OH excluding ortho intramolecular Hbond substituents is 1. The molecule has 23 heavy (non-hydrogen) atoms. The third-order valence-electron chi connectivity index (χ3n) is 3.77. The molecule has 6 heteroatoms. The number of furan rings is 1. The second-order valence-electron chi connectivity index (χ2n) is 5.05. The average molecular weight is 312 g/mol. The van der Waals surface area contributed by atoms with Crippen LogP contribution in [0.2, 0.25) is 0 Å². The molecule has 1 aliphatic heterocycles. The molecule has 0 saturated heterocycles. The first-order valence-electron chi connectivity index (χ1n) is 6.90. The minimum atomic E-state index is 0.0649. The number of carbonyl (C=O) groups is 1. The number of aromatic hydroxyl groups is 1. The molecule has 3 aromatic rings. The molecule has 0 unspecified atom stereocenters. The zero-order valence-electron chi connectivity index (χ0n) is 12.2. The lowest BCUT2D eigenvalue weighted by atomic mass is 10.0. The smallest absolute Gasteiger partial charge is 0.231 e. The van der Waals surface area contributed by atoms with Gasteiger partial charge in [-0.05, 0) is 18.2 Å². The SMILES string of the molecule is COc1cc(O)ccc1-c1oc2cc3c(cc2c1C=O)OCO3. The number of fused-ring (bicyclic) bond motifs is 2. The van der Waals surface area contributed by atoms with Crippen molar-refractivity contribution in [1.82, 2.24) is 0 Å². The van der Waals surface area contributed by atoms with E-state index in [1.54, 1.807) is 18.2 Å². The molecular formula is C17H12O6. The Kier molecular flexibility index (Phi) is 2.90. The Balaban J connectivity index is 1.99. The van der Waals surface area contributed by atoms with Crippen LogP contribution in [0.3, 0.4) is 0 Å². The molecule has 0 bridgehead atoms. The highest BCUT2D eigenvalue weighted by atomic mass is 16.7. The number of methoxy groups -OCH3 is 1. The first-order chi connectivity index (χ1) is 11.2. The minimum absolute atomic E-state index is 0.0649. The second kappa shape index (κ2) is 4.95. The molecule has 0 saturated carbocycles. The van der Waals surface area contributed by atoms with Gasteiger partial charge in [0.2, 0.25) is 6.79 Å². The molecule has 116 valence electrons. The lowest BCUT2D eigenvalue weighted by Crippen LogP contribution is -1.93. The van der Waals surface area contributed by atoms with Gasteiger partial charge in [0, 0.05) is 17.5 Å². The molecule has 1 aromatic heterocycles. The van der Waals surface area contributed by atoms with Gasteiger partial charge in [0.15, 0.2) is 17.8 Å². The molecular weight excluding hydrogens is 300 g/mol. The van der Waals surface area contributed by atoms with Crippen molar-refractivity contribution < 1.29 is 28.5 Å². The number of ether oxygens (including phenoxy) is 3. The summed E-state index contributed by atoms with van der Waals surface area (Å²) in [5.41, 5.74) is 1.48. The Hall–Kier alpha value is -3.15. The third kappa shape index (κ3) is 1.99. The van der Waals surface area contributed by atoms with Crippen molar-refractivity contribution in [1.29, 1.82) is 0 Å². The number of rotatable bonds is 3. The Morgan fingerprint density at radius 1 is 1.17 bits per heavy atom. The van der Waals surface area contributed by atoms with E-state index in [9.17, 15) is 9.90 Å². The van der Waals surface area contributed by atoms with Crippen LogP contribution in [0.4, 0.5) is 0 Å². The van der Waals surface area contributed by atoms with E-state index >= 15 is 0 Å². The Labute approximate surface area is 130 Å². The molecule has 6 nitrogen and oxygen atoms in total. The number of aldehydes is 1. The van der Waals surface area contributed by atoms with Crippen molar-refractivity contribution in [2.24, 2.45) is 0 Å². The number of hydrogen-bond acceptors (Lipinski definition) is 6. The van der Waals surface area contributed by atoms with Crippen LogP contribution in [0.15, 0.2) is 34.7 Å². The van der Waals surface area contributed by atoms with Gasteiger partial charge in [-0.1, -0.05) is 0 Å². The standard InChI is InChI=1S/C17H12O6/c1-20-13-4-9(19)2-3-10(13)17-12(7-18)11-5-15-16(22-8-21-15)6-14(11)23-17/h2-7,19H,8H2,1H3. The van der Waals surface area contributed by atoms with Gasteiger partial charge in [-0.15, -0.1) is 0 Å². The molecule has 0 spiro atoms. The summed E-state index contributed by atoms with van der Waals surface area (Å²) in [5, 5.41) is 10.2. The molecule has 1 N–H and O–H groups in total. The van der Waals surface area contributed by atoms with Crippen LogP contribution >= 0.6 is 0 Å². The predicted molar refractivity (Wildman–Crippen MR) is 81.4 cm³/mol. The van der Waals surface area contributed by atoms with Gasteiger partial charge in [0.05, 0.1) is 18.2 Å². The summed E-state index contributed by atoms with van der Waals surface area (Å²) in [7, 11) is 1.48. The highest BCUT2D eigenvalue weighted by molar-refractivity contribution is 6.04. The van der Waals surface area contributed by atoms with Gasteiger partial charge in [0.25, 0.3) is 0 Å². The summed E-state index contributed by atoms with van der Waals surface area (Å²) in [6.07, 6.45) is 0.732. The van der Waals surface area contributed by atoms with E-state index in [0.29, 0.717) is 45.1 Å². The van der Waals surface area contributed by atoms with Crippen molar-refractivity contribution >= 4 is 17.3 Å². The van der Waals surface area contributed by atoms with Gasteiger partial charge in [0.1, 0.15) is 22.8 Å². The zero-order valence-corrected chi connectivity index (χ0v) is 12.2. The predicted octanol–water partition coefficient (Wildman–Crippen LogP) is 3.36. The summed E-state index contributed by atoms with van der Waals surface area (Å²) < 4.78 is 21.8. The van der Waals surface area contributed by atoms with Crippen molar-refractivity contribution in [3.05, 3.63) is 35.9 Å². The van der Waals surface area contributed by atoms with Crippen molar-refractivity contribution in [3.8, 4) is 34.3 Å².